The lowest BCUT2D eigenvalue weighted by molar-refractivity contribution is 0.0955. The first-order valence-corrected chi connectivity index (χ1v) is 11.2. The summed E-state index contributed by atoms with van der Waals surface area (Å²) in [6, 6.07) is 9.16. The summed E-state index contributed by atoms with van der Waals surface area (Å²) in [4.78, 5) is 39.5. The second kappa shape index (κ2) is 12.5. The lowest BCUT2D eigenvalue weighted by Crippen LogP contribution is -2.33. The number of carbonyl (C=O) groups is 1. The van der Waals surface area contributed by atoms with Gasteiger partial charge in [0.2, 0.25) is 5.43 Å². The molecule has 188 valence electrons. The number of amides is 1. The van der Waals surface area contributed by atoms with Crippen molar-refractivity contribution < 1.29 is 18.7 Å². The molecule has 9 heteroatoms. The van der Waals surface area contributed by atoms with E-state index in [-0.39, 0.29) is 36.5 Å². The monoisotopic (exact) mass is 493 g/mol. The van der Waals surface area contributed by atoms with Gasteiger partial charge in [0.15, 0.2) is 11.3 Å². The normalized spacial score (nSPS) is 12.0. The zero-order valence-corrected chi connectivity index (χ0v) is 20.2. The summed E-state index contributed by atoms with van der Waals surface area (Å²) in [5.74, 6) is -1.38. The number of nitrogens with zero attached hydrogens (tertiary/aromatic N) is 2. The predicted octanol–water partition coefficient (Wildman–Crippen LogP) is 3.40. The second-order valence-corrected chi connectivity index (χ2v) is 7.97. The summed E-state index contributed by atoms with van der Waals surface area (Å²) >= 11 is 0. The Labute approximate surface area is 207 Å². The van der Waals surface area contributed by atoms with Crippen LogP contribution in [0.1, 0.15) is 22.8 Å². The van der Waals surface area contributed by atoms with Crippen molar-refractivity contribution in [2.45, 2.75) is 20.1 Å². The molecule has 0 aliphatic carbocycles. The molecule has 2 aromatic heterocycles. The maximum atomic E-state index is 13.4. The van der Waals surface area contributed by atoms with Crippen molar-refractivity contribution in [3.63, 3.8) is 0 Å². The molecule has 0 unspecified atom stereocenters. The van der Waals surface area contributed by atoms with Crippen molar-refractivity contribution in [3.05, 3.63) is 117 Å². The van der Waals surface area contributed by atoms with Crippen LogP contribution in [0.4, 0.5) is 4.39 Å². The average Bonchev–Trinajstić information content (AvgIpc) is 2.89. The summed E-state index contributed by atoms with van der Waals surface area (Å²) in [5, 5.41) is 2.65. The van der Waals surface area contributed by atoms with Crippen LogP contribution in [0.5, 0.6) is 5.75 Å². The van der Waals surface area contributed by atoms with Gasteiger partial charge < -0.3 is 23.8 Å². The van der Waals surface area contributed by atoms with E-state index in [4.69, 9.17) is 9.47 Å². The van der Waals surface area contributed by atoms with E-state index >= 15 is 0 Å². The van der Waals surface area contributed by atoms with E-state index in [0.717, 1.165) is 11.6 Å². The van der Waals surface area contributed by atoms with Crippen LogP contribution in [0, 0.1) is 0 Å². The Morgan fingerprint density at radius 2 is 1.92 bits per heavy atom. The molecule has 0 aliphatic rings. The summed E-state index contributed by atoms with van der Waals surface area (Å²) in [6.07, 6.45) is 8.23. The van der Waals surface area contributed by atoms with Crippen molar-refractivity contribution in [3.8, 4) is 5.75 Å². The van der Waals surface area contributed by atoms with Crippen molar-refractivity contribution in [1.82, 2.24) is 14.3 Å². The molecular weight excluding hydrogens is 465 g/mol. The fraction of sp³-hybridized carbons (Fsp3) is 0.222. The number of halogens is 1. The van der Waals surface area contributed by atoms with Crippen LogP contribution in [0.3, 0.4) is 0 Å². The number of allylic oxidation sites excluding steroid dienone is 4. The first-order valence-electron chi connectivity index (χ1n) is 11.2. The number of ether oxygens (including phenoxy) is 2. The molecule has 36 heavy (non-hydrogen) atoms. The average molecular weight is 494 g/mol. The largest absolute Gasteiger partial charge is 0.483 e. The summed E-state index contributed by atoms with van der Waals surface area (Å²) in [7, 11) is 1.53. The third kappa shape index (κ3) is 6.45. The Morgan fingerprint density at radius 1 is 1.17 bits per heavy atom. The van der Waals surface area contributed by atoms with Crippen molar-refractivity contribution in [1.29, 1.82) is 0 Å². The smallest absolute Gasteiger partial charge is 0.278 e. The molecule has 0 spiro atoms. The van der Waals surface area contributed by atoms with Gasteiger partial charge in [-0.05, 0) is 24.6 Å². The van der Waals surface area contributed by atoms with Crippen LogP contribution in [-0.2, 0) is 17.9 Å². The summed E-state index contributed by atoms with van der Waals surface area (Å²) in [5.41, 5.74) is 0.127. The SMILES string of the molecule is C=C/C(F)=C\C=C(/C)CNC(=O)c1cn2ccn(CCOC)c(=O)c2c(OCc2ccccc2)c1=O. The first kappa shape index (κ1) is 26.4. The Hall–Kier alpha value is -4.24. The standard InChI is InChI=1S/C27H28FN3O5/c1-4-21(28)11-10-19(2)16-29-26(33)22-17-31-13-12-30(14-15-35-3)27(34)23(31)25(24(22)32)36-18-20-8-6-5-7-9-20/h4-13,17H,1,14-16,18H2,2-3H3,(H,29,33)/b19-10+,21-11+. The number of benzene rings is 1. The molecule has 0 radical (unpaired) electrons. The van der Waals surface area contributed by atoms with Crippen molar-refractivity contribution in [2.24, 2.45) is 0 Å². The zero-order valence-electron chi connectivity index (χ0n) is 20.2. The van der Waals surface area contributed by atoms with Crippen LogP contribution >= 0.6 is 0 Å². The molecule has 1 aromatic carbocycles. The van der Waals surface area contributed by atoms with E-state index in [9.17, 15) is 18.8 Å². The van der Waals surface area contributed by atoms with Gasteiger partial charge in [0.05, 0.1) is 6.61 Å². The first-order chi connectivity index (χ1) is 17.3. The molecular formula is C27H28FN3O5. The van der Waals surface area contributed by atoms with Crippen LogP contribution in [0.15, 0.2) is 94.7 Å². The Morgan fingerprint density at radius 3 is 2.61 bits per heavy atom. The lowest BCUT2D eigenvalue weighted by atomic mass is 10.2. The highest BCUT2D eigenvalue weighted by atomic mass is 19.1. The molecule has 1 amide bonds. The maximum absolute atomic E-state index is 13.4. The van der Waals surface area contributed by atoms with Crippen molar-refractivity contribution >= 4 is 11.4 Å². The lowest BCUT2D eigenvalue weighted by Gasteiger charge is -2.14. The number of methoxy groups -OCH3 is 1. The molecule has 0 bridgehead atoms. The predicted molar refractivity (Wildman–Crippen MR) is 136 cm³/mol. The van der Waals surface area contributed by atoms with E-state index in [0.29, 0.717) is 12.2 Å². The molecule has 0 fully saturated rings. The van der Waals surface area contributed by atoms with Crippen LogP contribution in [0.2, 0.25) is 0 Å². The minimum Gasteiger partial charge on any atom is -0.483 e. The fourth-order valence-electron chi connectivity index (χ4n) is 3.35. The quantitative estimate of drug-likeness (QED) is 0.414. The molecule has 0 aliphatic heterocycles. The summed E-state index contributed by atoms with van der Waals surface area (Å²) in [6.45, 7) is 5.75. The Bertz CT molecular complexity index is 1420. The van der Waals surface area contributed by atoms with Gasteiger partial charge in [-0.3, -0.25) is 14.4 Å². The van der Waals surface area contributed by atoms with Gasteiger partial charge in [-0.2, -0.15) is 0 Å². The minimum atomic E-state index is -0.704. The molecule has 0 atom stereocenters. The Balaban J connectivity index is 2.01. The summed E-state index contributed by atoms with van der Waals surface area (Å²) < 4.78 is 27.0. The molecule has 3 aromatic rings. The van der Waals surface area contributed by atoms with Crippen molar-refractivity contribution in [2.75, 3.05) is 20.3 Å². The topological polar surface area (TPSA) is 91.0 Å². The van der Waals surface area contributed by atoms with Crippen LogP contribution in [-0.4, -0.2) is 35.1 Å². The van der Waals surface area contributed by atoms with E-state index in [2.05, 4.69) is 11.9 Å². The number of aromatic nitrogens is 2. The molecule has 0 saturated heterocycles. The fourth-order valence-corrected chi connectivity index (χ4v) is 3.35. The third-order valence-electron chi connectivity index (χ3n) is 5.32. The number of hydrogen-bond donors (Lipinski definition) is 1. The maximum Gasteiger partial charge on any atom is 0.278 e. The number of fused-ring (bicyclic) bond motifs is 1. The molecule has 1 N–H and O–H groups in total. The number of hydrogen-bond acceptors (Lipinski definition) is 5. The second-order valence-electron chi connectivity index (χ2n) is 7.97. The van der Waals surface area contributed by atoms with Gasteiger partial charge in [0.1, 0.15) is 18.0 Å². The number of nitrogens with one attached hydrogen (secondary N) is 1. The third-order valence-corrected chi connectivity index (χ3v) is 5.32. The van der Waals surface area contributed by atoms with E-state index in [1.807, 2.05) is 30.3 Å². The zero-order chi connectivity index (χ0) is 26.1. The van der Waals surface area contributed by atoms with Gasteiger partial charge in [-0.1, -0.05) is 48.6 Å². The molecule has 3 rings (SSSR count). The number of pyridine rings is 1. The van der Waals surface area contributed by atoms with Gasteiger partial charge in [-0.25, -0.2) is 4.39 Å². The molecule has 0 saturated carbocycles. The highest BCUT2D eigenvalue weighted by Gasteiger charge is 2.21. The minimum absolute atomic E-state index is 0.0206. The highest BCUT2D eigenvalue weighted by molar-refractivity contribution is 5.95. The van der Waals surface area contributed by atoms with Gasteiger partial charge in [0, 0.05) is 38.8 Å². The molecule has 2 heterocycles. The highest BCUT2D eigenvalue weighted by Crippen LogP contribution is 2.15. The van der Waals surface area contributed by atoms with Gasteiger partial charge >= 0.3 is 0 Å². The molecule has 8 nitrogen and oxygen atoms in total. The van der Waals surface area contributed by atoms with Gasteiger partial charge in [-0.15, -0.1) is 0 Å². The van der Waals surface area contributed by atoms with E-state index < -0.39 is 22.7 Å². The van der Waals surface area contributed by atoms with Gasteiger partial charge in [0.25, 0.3) is 11.5 Å². The number of rotatable bonds is 11. The van der Waals surface area contributed by atoms with Crippen LogP contribution < -0.4 is 21.0 Å². The Kier molecular flexibility index (Phi) is 9.13. The van der Waals surface area contributed by atoms with E-state index in [1.54, 1.807) is 19.3 Å². The van der Waals surface area contributed by atoms with Crippen LogP contribution in [0.25, 0.3) is 5.52 Å². The number of carbonyl (C=O) groups excluding carboxylic acids is 1. The van der Waals surface area contributed by atoms with E-state index in [1.165, 1.54) is 34.4 Å².